The van der Waals surface area contributed by atoms with E-state index in [0.717, 1.165) is 23.4 Å². The second kappa shape index (κ2) is 5.59. The van der Waals surface area contributed by atoms with Crippen LogP contribution < -0.4 is 4.90 Å². The molecule has 1 aromatic heterocycles. The molecule has 4 nitrogen and oxygen atoms in total. The second-order valence-electron chi connectivity index (χ2n) is 4.00. The summed E-state index contributed by atoms with van der Waals surface area (Å²) in [5, 5.41) is 9.56. The van der Waals surface area contributed by atoms with Gasteiger partial charge in [-0.15, -0.1) is 0 Å². The van der Waals surface area contributed by atoms with Gasteiger partial charge >= 0.3 is 5.97 Å². The second-order valence-corrected chi connectivity index (χ2v) is 5.34. The van der Waals surface area contributed by atoms with E-state index < -0.39 is 5.97 Å². The first-order chi connectivity index (χ1) is 9.02. The van der Waals surface area contributed by atoms with Crippen LogP contribution in [0.15, 0.2) is 24.3 Å². The molecular weight excluding hydrogens is 284 g/mol. The van der Waals surface area contributed by atoms with Crippen molar-refractivity contribution in [3.05, 3.63) is 39.9 Å². The minimum absolute atomic E-state index is 0.0320. The third-order valence-electron chi connectivity index (χ3n) is 2.79. The first kappa shape index (κ1) is 13.8. The molecule has 0 unspecified atom stereocenters. The van der Waals surface area contributed by atoms with E-state index in [9.17, 15) is 4.79 Å². The van der Waals surface area contributed by atoms with Crippen LogP contribution in [0.25, 0.3) is 0 Å². The van der Waals surface area contributed by atoms with Gasteiger partial charge in [-0.05, 0) is 24.1 Å². The highest BCUT2D eigenvalue weighted by atomic mass is 35.5. The van der Waals surface area contributed by atoms with Gasteiger partial charge in [0.05, 0.1) is 0 Å². The Kier molecular flexibility index (Phi) is 4.07. The normalized spacial score (nSPS) is 10.5. The Balaban J connectivity index is 2.30. The number of anilines is 2. The number of thiazole rings is 1. The fourth-order valence-electron chi connectivity index (χ4n) is 1.63. The Morgan fingerprint density at radius 1 is 1.42 bits per heavy atom. The molecule has 0 atom stereocenters. The number of aromatic nitrogens is 1. The van der Waals surface area contributed by atoms with Crippen LogP contribution in [0.3, 0.4) is 0 Å². The highest BCUT2D eigenvalue weighted by Gasteiger charge is 2.18. The monoisotopic (exact) mass is 296 g/mol. The van der Waals surface area contributed by atoms with Crippen molar-refractivity contribution >= 4 is 39.7 Å². The number of aromatic carboxylic acids is 1. The number of nitrogens with zero attached hydrogens (tertiary/aromatic N) is 2. The van der Waals surface area contributed by atoms with Crippen LogP contribution in [0.2, 0.25) is 5.15 Å². The van der Waals surface area contributed by atoms with Crippen molar-refractivity contribution in [2.24, 2.45) is 0 Å². The zero-order valence-corrected chi connectivity index (χ0v) is 12.1. The van der Waals surface area contributed by atoms with Crippen molar-refractivity contribution in [3.8, 4) is 0 Å². The van der Waals surface area contributed by atoms with Gasteiger partial charge in [0.1, 0.15) is 0 Å². The van der Waals surface area contributed by atoms with E-state index in [1.807, 2.05) is 36.2 Å². The number of hydrogen-bond acceptors (Lipinski definition) is 4. The van der Waals surface area contributed by atoms with Crippen LogP contribution in [0.1, 0.15) is 22.2 Å². The lowest BCUT2D eigenvalue weighted by Gasteiger charge is -2.15. The zero-order valence-electron chi connectivity index (χ0n) is 10.6. The summed E-state index contributed by atoms with van der Waals surface area (Å²) in [6.45, 7) is 2.10. The average molecular weight is 297 g/mol. The summed E-state index contributed by atoms with van der Waals surface area (Å²) in [6, 6.07) is 8.04. The van der Waals surface area contributed by atoms with Crippen molar-refractivity contribution in [2.45, 2.75) is 13.3 Å². The largest absolute Gasteiger partial charge is 0.477 e. The molecule has 1 aromatic carbocycles. The first-order valence-electron chi connectivity index (χ1n) is 5.75. The van der Waals surface area contributed by atoms with Crippen LogP contribution >= 0.6 is 22.9 Å². The number of aryl methyl sites for hydroxylation is 1. The maximum absolute atomic E-state index is 10.9. The SMILES string of the molecule is CCc1ccc(N(C)c2nc(Cl)c(C(=O)O)s2)cc1. The summed E-state index contributed by atoms with van der Waals surface area (Å²) in [5.41, 5.74) is 2.19. The molecule has 0 fully saturated rings. The maximum atomic E-state index is 10.9. The summed E-state index contributed by atoms with van der Waals surface area (Å²) in [6.07, 6.45) is 0.982. The molecule has 0 aliphatic carbocycles. The Labute approximate surface area is 120 Å². The predicted molar refractivity (Wildman–Crippen MR) is 78.0 cm³/mol. The molecule has 19 heavy (non-hydrogen) atoms. The number of carboxylic acids is 1. The predicted octanol–water partition coefficient (Wildman–Crippen LogP) is 3.83. The number of benzene rings is 1. The quantitative estimate of drug-likeness (QED) is 0.932. The molecular formula is C13H13ClN2O2S. The lowest BCUT2D eigenvalue weighted by Crippen LogP contribution is -2.08. The molecule has 2 aromatic rings. The van der Waals surface area contributed by atoms with E-state index in [1.165, 1.54) is 5.56 Å². The van der Waals surface area contributed by atoms with Gasteiger partial charge in [0.15, 0.2) is 15.2 Å². The number of carboxylic acid groups (broad SMARTS) is 1. The highest BCUT2D eigenvalue weighted by Crippen LogP contribution is 2.32. The third kappa shape index (κ3) is 2.88. The van der Waals surface area contributed by atoms with Crippen LogP contribution in [0, 0.1) is 0 Å². The molecule has 1 N–H and O–H groups in total. The molecule has 0 aliphatic rings. The molecule has 0 saturated heterocycles. The first-order valence-corrected chi connectivity index (χ1v) is 6.94. The summed E-state index contributed by atoms with van der Waals surface area (Å²) >= 11 is 6.87. The van der Waals surface area contributed by atoms with Crippen LogP contribution in [-0.4, -0.2) is 23.1 Å². The Hall–Kier alpha value is -1.59. The number of rotatable bonds is 4. The van der Waals surface area contributed by atoms with Gasteiger partial charge in [0.25, 0.3) is 0 Å². The Bertz CT molecular complexity index is 595. The lowest BCUT2D eigenvalue weighted by molar-refractivity contribution is 0.0702. The molecule has 0 amide bonds. The molecule has 0 spiro atoms. The molecule has 0 saturated carbocycles. The number of carbonyl (C=O) groups is 1. The molecule has 6 heteroatoms. The van der Waals surface area contributed by atoms with Gasteiger partial charge in [-0.2, -0.15) is 0 Å². The van der Waals surface area contributed by atoms with Gasteiger partial charge in [0.2, 0.25) is 0 Å². The van der Waals surface area contributed by atoms with Crippen molar-refractivity contribution < 1.29 is 9.90 Å². The van der Waals surface area contributed by atoms with Crippen LogP contribution in [0.5, 0.6) is 0 Å². The molecule has 2 rings (SSSR count). The Morgan fingerprint density at radius 2 is 2.05 bits per heavy atom. The van der Waals surface area contributed by atoms with Crippen molar-refractivity contribution in [3.63, 3.8) is 0 Å². The third-order valence-corrected chi connectivity index (χ3v) is 4.29. The van der Waals surface area contributed by atoms with Crippen molar-refractivity contribution in [1.82, 2.24) is 4.98 Å². The Morgan fingerprint density at radius 3 is 2.53 bits per heavy atom. The van der Waals surface area contributed by atoms with Gasteiger partial charge in [-0.3, -0.25) is 0 Å². The highest BCUT2D eigenvalue weighted by molar-refractivity contribution is 7.18. The topological polar surface area (TPSA) is 53.4 Å². The van der Waals surface area contributed by atoms with Crippen molar-refractivity contribution in [2.75, 3.05) is 11.9 Å². The number of halogens is 1. The van der Waals surface area contributed by atoms with E-state index >= 15 is 0 Å². The lowest BCUT2D eigenvalue weighted by atomic mass is 10.1. The summed E-state index contributed by atoms with van der Waals surface area (Å²) in [4.78, 5) is 16.9. The zero-order chi connectivity index (χ0) is 14.0. The maximum Gasteiger partial charge on any atom is 0.349 e. The molecule has 100 valence electrons. The van der Waals surface area contributed by atoms with Gasteiger partial charge in [-0.25, -0.2) is 9.78 Å². The minimum atomic E-state index is -1.05. The number of hydrogen-bond donors (Lipinski definition) is 1. The van der Waals surface area contributed by atoms with E-state index in [1.54, 1.807) is 0 Å². The summed E-state index contributed by atoms with van der Waals surface area (Å²) in [7, 11) is 1.84. The van der Waals surface area contributed by atoms with Crippen LogP contribution in [-0.2, 0) is 6.42 Å². The molecule has 0 radical (unpaired) electrons. The van der Waals surface area contributed by atoms with E-state index in [4.69, 9.17) is 16.7 Å². The standard InChI is InChI=1S/C13H13ClN2O2S/c1-3-8-4-6-9(7-5-8)16(2)13-15-11(14)10(19-13)12(17)18/h4-7H,3H2,1-2H3,(H,17,18). The fraction of sp³-hybridized carbons (Fsp3) is 0.231. The molecule has 0 aliphatic heterocycles. The van der Waals surface area contributed by atoms with Crippen molar-refractivity contribution in [1.29, 1.82) is 0 Å². The smallest absolute Gasteiger partial charge is 0.349 e. The molecule has 0 bridgehead atoms. The van der Waals surface area contributed by atoms with Gasteiger partial charge < -0.3 is 10.0 Å². The minimum Gasteiger partial charge on any atom is -0.477 e. The van der Waals surface area contributed by atoms with E-state index in [0.29, 0.717) is 5.13 Å². The molecule has 1 heterocycles. The van der Waals surface area contributed by atoms with Gasteiger partial charge in [-0.1, -0.05) is 42.0 Å². The van der Waals surface area contributed by atoms with Gasteiger partial charge in [0, 0.05) is 12.7 Å². The summed E-state index contributed by atoms with van der Waals surface area (Å²) < 4.78 is 0. The average Bonchev–Trinajstić information content (AvgIpc) is 2.80. The van der Waals surface area contributed by atoms with Crippen LogP contribution in [0.4, 0.5) is 10.8 Å². The fourth-order valence-corrected chi connectivity index (χ4v) is 2.74. The van der Waals surface area contributed by atoms with E-state index in [2.05, 4.69) is 11.9 Å². The van der Waals surface area contributed by atoms with E-state index in [-0.39, 0.29) is 10.0 Å². The summed E-state index contributed by atoms with van der Waals surface area (Å²) in [5.74, 6) is -1.05.